The number of nitrogens with one attached hydrogen (secondary N) is 2. The van der Waals surface area contributed by atoms with Crippen molar-refractivity contribution in [2.45, 2.75) is 11.4 Å². The molecule has 10 heteroatoms. The zero-order valence-electron chi connectivity index (χ0n) is 16.6. The van der Waals surface area contributed by atoms with Crippen molar-refractivity contribution < 1.29 is 13.2 Å². The molecule has 0 aliphatic rings. The minimum Gasteiger partial charge on any atom is -0.348 e. The van der Waals surface area contributed by atoms with E-state index in [2.05, 4.69) is 20.1 Å². The monoisotopic (exact) mass is 467 g/mol. The Hall–Kier alpha value is -3.69. The van der Waals surface area contributed by atoms with E-state index in [0.29, 0.717) is 10.8 Å². The second-order valence-corrected chi connectivity index (χ2v) is 8.84. The summed E-state index contributed by atoms with van der Waals surface area (Å²) >= 11 is 5.84. The number of hydrogen-bond donors (Lipinski definition) is 2. The van der Waals surface area contributed by atoms with Gasteiger partial charge in [-0.05, 0) is 48.5 Å². The molecule has 0 aliphatic heterocycles. The molecule has 162 valence electrons. The summed E-state index contributed by atoms with van der Waals surface area (Å²) in [5, 5.41) is 7.42. The summed E-state index contributed by atoms with van der Waals surface area (Å²) in [6.07, 6.45) is 5.04. The van der Waals surface area contributed by atoms with Gasteiger partial charge in [0.2, 0.25) is 0 Å². The van der Waals surface area contributed by atoms with Gasteiger partial charge in [0.15, 0.2) is 5.82 Å². The lowest BCUT2D eigenvalue weighted by Gasteiger charge is -2.14. The standard InChI is InChI=1S/C22H18ClN5O3S/c23-17-8-10-18(11-9-17)32(30,31)27-20-7-2-1-6-19(20)22(29)25-15-16-5-3-12-24-21(16)28-14-4-13-26-28/h1-14,27H,15H2,(H,25,29). The summed E-state index contributed by atoms with van der Waals surface area (Å²) in [5.74, 6) is 0.157. The van der Waals surface area contributed by atoms with Crippen molar-refractivity contribution in [2.24, 2.45) is 0 Å². The Bertz CT molecular complexity index is 1340. The van der Waals surface area contributed by atoms with Crippen LogP contribution in [0.4, 0.5) is 5.69 Å². The Balaban J connectivity index is 1.53. The van der Waals surface area contributed by atoms with Gasteiger partial charge in [-0.3, -0.25) is 9.52 Å². The van der Waals surface area contributed by atoms with Gasteiger partial charge < -0.3 is 5.32 Å². The van der Waals surface area contributed by atoms with Crippen molar-refractivity contribution in [3.8, 4) is 5.82 Å². The molecule has 0 saturated heterocycles. The topological polar surface area (TPSA) is 106 Å². The highest BCUT2D eigenvalue weighted by molar-refractivity contribution is 7.92. The maximum atomic E-state index is 12.9. The average Bonchev–Trinajstić information content (AvgIpc) is 3.33. The Labute approximate surface area is 189 Å². The summed E-state index contributed by atoms with van der Waals surface area (Å²) in [4.78, 5) is 17.3. The third-order valence-electron chi connectivity index (χ3n) is 4.57. The van der Waals surface area contributed by atoms with Crippen LogP contribution in [-0.4, -0.2) is 29.1 Å². The van der Waals surface area contributed by atoms with Gasteiger partial charge >= 0.3 is 0 Å². The smallest absolute Gasteiger partial charge is 0.261 e. The van der Waals surface area contributed by atoms with Crippen LogP contribution in [-0.2, 0) is 16.6 Å². The van der Waals surface area contributed by atoms with Crippen LogP contribution in [0, 0.1) is 0 Å². The minimum absolute atomic E-state index is 0.0383. The van der Waals surface area contributed by atoms with Gasteiger partial charge in [-0.1, -0.05) is 29.8 Å². The molecule has 0 unspecified atom stereocenters. The average molecular weight is 468 g/mol. The van der Waals surface area contributed by atoms with Crippen molar-refractivity contribution >= 4 is 33.2 Å². The fraction of sp³-hybridized carbons (Fsp3) is 0.0455. The minimum atomic E-state index is -3.90. The van der Waals surface area contributed by atoms with E-state index >= 15 is 0 Å². The SMILES string of the molecule is O=C(NCc1cccnc1-n1cccn1)c1ccccc1NS(=O)(=O)c1ccc(Cl)cc1. The normalized spacial score (nSPS) is 11.2. The number of anilines is 1. The molecular formula is C22H18ClN5O3S. The zero-order valence-corrected chi connectivity index (χ0v) is 18.2. The molecule has 0 radical (unpaired) electrons. The third-order valence-corrected chi connectivity index (χ3v) is 6.20. The number of para-hydroxylation sites is 1. The number of aromatic nitrogens is 3. The molecule has 1 amide bonds. The van der Waals surface area contributed by atoms with Crippen LogP contribution >= 0.6 is 11.6 Å². The number of carbonyl (C=O) groups is 1. The van der Waals surface area contributed by atoms with Gasteiger partial charge in [0.05, 0.1) is 16.1 Å². The highest BCUT2D eigenvalue weighted by atomic mass is 35.5. The number of sulfonamides is 1. The third kappa shape index (κ3) is 4.79. The lowest BCUT2D eigenvalue weighted by Crippen LogP contribution is -2.25. The van der Waals surface area contributed by atoms with Crippen LogP contribution in [0.5, 0.6) is 0 Å². The fourth-order valence-electron chi connectivity index (χ4n) is 3.03. The summed E-state index contributed by atoms with van der Waals surface area (Å²) in [6.45, 7) is 0.181. The van der Waals surface area contributed by atoms with Crippen LogP contribution in [0.1, 0.15) is 15.9 Å². The lowest BCUT2D eigenvalue weighted by molar-refractivity contribution is 0.0952. The number of nitrogens with zero attached hydrogens (tertiary/aromatic N) is 3. The highest BCUT2D eigenvalue weighted by Gasteiger charge is 2.19. The summed E-state index contributed by atoms with van der Waals surface area (Å²) in [6, 6.07) is 17.5. The van der Waals surface area contributed by atoms with Crippen molar-refractivity contribution in [1.82, 2.24) is 20.1 Å². The molecule has 0 saturated carbocycles. The summed E-state index contributed by atoms with van der Waals surface area (Å²) in [5.41, 5.74) is 1.11. The molecule has 0 aliphatic carbocycles. The maximum absolute atomic E-state index is 12.9. The summed E-state index contributed by atoms with van der Waals surface area (Å²) in [7, 11) is -3.90. The van der Waals surface area contributed by atoms with Crippen LogP contribution in [0.2, 0.25) is 5.02 Å². The van der Waals surface area contributed by atoms with E-state index in [1.807, 2.05) is 6.07 Å². The second-order valence-electron chi connectivity index (χ2n) is 6.72. The van der Waals surface area contributed by atoms with Crippen LogP contribution in [0.25, 0.3) is 5.82 Å². The number of amides is 1. The largest absolute Gasteiger partial charge is 0.348 e. The second kappa shape index (κ2) is 9.21. The van der Waals surface area contributed by atoms with E-state index < -0.39 is 15.9 Å². The van der Waals surface area contributed by atoms with E-state index in [0.717, 1.165) is 5.56 Å². The van der Waals surface area contributed by atoms with Crippen LogP contribution in [0.3, 0.4) is 0 Å². The van der Waals surface area contributed by atoms with Crippen molar-refractivity contribution in [3.05, 3.63) is 101 Å². The first kappa shape index (κ1) is 21.5. The van der Waals surface area contributed by atoms with E-state index in [1.54, 1.807) is 53.6 Å². The Morgan fingerprint density at radius 2 is 1.75 bits per heavy atom. The van der Waals surface area contributed by atoms with Crippen molar-refractivity contribution in [2.75, 3.05) is 4.72 Å². The van der Waals surface area contributed by atoms with E-state index in [-0.39, 0.29) is 22.7 Å². The van der Waals surface area contributed by atoms with E-state index in [4.69, 9.17) is 11.6 Å². The quantitative estimate of drug-likeness (QED) is 0.431. The predicted octanol–water partition coefficient (Wildman–Crippen LogP) is 3.65. The van der Waals surface area contributed by atoms with E-state index in [9.17, 15) is 13.2 Å². The van der Waals surface area contributed by atoms with Gasteiger partial charge in [-0.25, -0.2) is 18.1 Å². The number of carbonyl (C=O) groups excluding carboxylic acids is 1. The molecule has 0 spiro atoms. The first-order valence-corrected chi connectivity index (χ1v) is 11.4. The number of pyridine rings is 1. The first-order chi connectivity index (χ1) is 15.4. The van der Waals surface area contributed by atoms with Gasteiger partial charge in [0, 0.05) is 35.7 Å². The predicted molar refractivity (Wildman–Crippen MR) is 121 cm³/mol. The Morgan fingerprint density at radius 3 is 2.50 bits per heavy atom. The fourth-order valence-corrected chi connectivity index (χ4v) is 4.23. The highest BCUT2D eigenvalue weighted by Crippen LogP contribution is 2.21. The molecular weight excluding hydrogens is 450 g/mol. The molecule has 2 N–H and O–H groups in total. The molecule has 2 aromatic carbocycles. The summed E-state index contributed by atoms with van der Waals surface area (Å²) < 4.78 is 29.6. The van der Waals surface area contributed by atoms with Gasteiger partial charge in [-0.2, -0.15) is 5.10 Å². The van der Waals surface area contributed by atoms with Crippen molar-refractivity contribution in [1.29, 1.82) is 0 Å². The van der Waals surface area contributed by atoms with E-state index in [1.165, 1.54) is 30.3 Å². The number of halogens is 1. The lowest BCUT2D eigenvalue weighted by atomic mass is 10.1. The van der Waals surface area contributed by atoms with Crippen LogP contribution < -0.4 is 10.0 Å². The zero-order chi connectivity index (χ0) is 22.6. The van der Waals surface area contributed by atoms with Gasteiger partial charge in [-0.15, -0.1) is 0 Å². The van der Waals surface area contributed by atoms with Gasteiger partial charge in [0.1, 0.15) is 0 Å². The number of hydrogen-bond acceptors (Lipinski definition) is 5. The molecule has 8 nitrogen and oxygen atoms in total. The molecule has 32 heavy (non-hydrogen) atoms. The molecule has 0 fully saturated rings. The Kier molecular flexibility index (Phi) is 6.20. The van der Waals surface area contributed by atoms with Crippen molar-refractivity contribution in [3.63, 3.8) is 0 Å². The van der Waals surface area contributed by atoms with Crippen LogP contribution in [0.15, 0.2) is 90.2 Å². The number of benzene rings is 2. The molecule has 2 aromatic heterocycles. The molecule has 2 heterocycles. The Morgan fingerprint density at radius 1 is 0.969 bits per heavy atom. The van der Waals surface area contributed by atoms with Gasteiger partial charge in [0.25, 0.3) is 15.9 Å². The molecule has 4 rings (SSSR count). The molecule has 0 atom stereocenters. The number of rotatable bonds is 7. The molecule has 0 bridgehead atoms. The first-order valence-electron chi connectivity index (χ1n) is 9.53. The maximum Gasteiger partial charge on any atom is 0.261 e. The molecule has 4 aromatic rings.